The van der Waals surface area contributed by atoms with Crippen LogP contribution in [0.2, 0.25) is 0 Å². The molecule has 36 heteroatoms. The number of nitrogens with zero attached hydrogens (tertiary/aromatic N) is 11. The number of aromatic nitrogens is 8. The molecule has 5 heterocycles. The lowest BCUT2D eigenvalue weighted by atomic mass is 9.92. The van der Waals surface area contributed by atoms with E-state index in [-0.39, 0.29) is 38.0 Å². The van der Waals surface area contributed by atoms with Crippen molar-refractivity contribution >= 4 is 87.0 Å². The lowest BCUT2D eigenvalue weighted by Gasteiger charge is -2.30. The second kappa shape index (κ2) is 38.7. The van der Waals surface area contributed by atoms with Gasteiger partial charge >= 0.3 is 24.1 Å². The number of hydrogen-bond donors (Lipinski definition) is 8. The SMILES string of the molecule is CCCc1cc(S(=O)(=O)NC(=O)Nc2c3c(cc4c2CCC4)CCC3)nn1C(C)C.CCn1nc(S(=O)(=O)NC(=O)Nc2c(C(C)C)cc(F)cc2C(C)C)cc1CN(C)C.CCn1nc(S(=O)(=O)NC(=O)Nc2c3c(cc4c2CCC4)CCC3)cc1CN(C)C.CCn1nc(S(=O)(=O)NC(=O)Nc2c3c(cc4c2CCC4)CCC3)cc1CN1CCC1. The number of amides is 8. The van der Waals surface area contributed by atoms with Crippen LogP contribution in [-0.2, 0) is 163 Å². The fourth-order valence-corrected chi connectivity index (χ4v) is 21.2. The summed E-state index contributed by atoms with van der Waals surface area (Å²) in [5, 5.41) is 27.5. The monoisotopic (exact) mass is 1760 g/mol. The van der Waals surface area contributed by atoms with Crippen LogP contribution in [0.3, 0.4) is 0 Å². The van der Waals surface area contributed by atoms with Gasteiger partial charge < -0.3 is 31.1 Å². The Labute approximate surface area is 717 Å². The van der Waals surface area contributed by atoms with Crippen LogP contribution in [0.4, 0.5) is 46.3 Å². The molecule has 8 amide bonds. The van der Waals surface area contributed by atoms with Gasteiger partial charge in [-0.2, -0.15) is 54.1 Å². The predicted octanol–water partition coefficient (Wildman–Crippen LogP) is 12.8. The highest BCUT2D eigenvalue weighted by Gasteiger charge is 2.34. The molecule has 6 aliphatic carbocycles. The van der Waals surface area contributed by atoms with Crippen LogP contribution in [-0.4, -0.2) is 153 Å². The molecular weight excluding hydrogens is 1640 g/mol. The maximum Gasteiger partial charge on any atom is 0.333 e. The Morgan fingerprint density at radius 1 is 0.385 bits per heavy atom. The van der Waals surface area contributed by atoms with Crippen LogP contribution >= 0.6 is 0 Å². The van der Waals surface area contributed by atoms with Gasteiger partial charge in [-0.15, -0.1) is 0 Å². The van der Waals surface area contributed by atoms with Crippen LogP contribution in [0.1, 0.15) is 239 Å². The average Bonchev–Trinajstić information content (AvgIpc) is 1.64. The number of rotatable bonds is 26. The highest BCUT2D eigenvalue weighted by Crippen LogP contribution is 2.43. The van der Waals surface area contributed by atoms with E-state index in [2.05, 4.69) is 78.9 Å². The van der Waals surface area contributed by atoms with Gasteiger partial charge in [0.05, 0.1) is 17.1 Å². The van der Waals surface area contributed by atoms with E-state index in [0.717, 1.165) is 204 Å². The van der Waals surface area contributed by atoms with Crippen molar-refractivity contribution in [2.24, 2.45) is 0 Å². The number of hydrogen-bond acceptors (Lipinski definition) is 19. The van der Waals surface area contributed by atoms with Crippen molar-refractivity contribution < 1.29 is 57.2 Å². The number of sulfonamides is 4. The van der Waals surface area contributed by atoms with Crippen LogP contribution in [0.15, 0.2) is 74.7 Å². The summed E-state index contributed by atoms with van der Waals surface area (Å²) in [6.07, 6.45) is 20.8. The van der Waals surface area contributed by atoms with Crippen molar-refractivity contribution in [3.63, 3.8) is 0 Å². The summed E-state index contributed by atoms with van der Waals surface area (Å²) in [6.45, 7) is 24.5. The fraction of sp³-hybridized carbons (Fsp3) is 0.535. The van der Waals surface area contributed by atoms with E-state index in [4.69, 9.17) is 0 Å². The third-order valence-electron chi connectivity index (χ3n) is 23.3. The number of nitrogens with one attached hydrogen (secondary N) is 8. The smallest absolute Gasteiger partial charge is 0.307 e. The Hall–Kier alpha value is -9.59. The zero-order valence-corrected chi connectivity index (χ0v) is 76.0. The number of likely N-dealkylation sites (tertiary alicyclic amines) is 1. The highest BCUT2D eigenvalue weighted by molar-refractivity contribution is 7.90. The molecule has 15 rings (SSSR count). The molecule has 1 fully saturated rings. The van der Waals surface area contributed by atoms with Crippen LogP contribution in [0.5, 0.6) is 0 Å². The van der Waals surface area contributed by atoms with E-state index < -0.39 is 70.0 Å². The first-order chi connectivity index (χ1) is 57.9. The van der Waals surface area contributed by atoms with Crippen LogP contribution in [0.25, 0.3) is 0 Å². The Balaban J connectivity index is 0.000000149. The quantitative estimate of drug-likeness (QED) is 0.0250. The third kappa shape index (κ3) is 21.2. The molecular formula is C86H120FN19O12S4. The number of aryl methyl sites for hydroxylation is 10. The van der Waals surface area contributed by atoms with E-state index in [0.29, 0.717) is 56.1 Å². The number of fused-ring (bicyclic) bond motifs is 6. The molecule has 0 saturated carbocycles. The standard InChI is InChI=1S/C22H29N5O3S.C22H30N4O3S.C21H32FN5O3S.C21H29N5O3S/c1-2-27-17(14-26-10-5-11-26)13-20(24-27)31(29,30)25-22(28)23-21-18-8-3-6-15(18)12-16-7-4-9-19(16)21;1-4-7-17-13-20(24-26(17)14(2)3)30(28,29)25-22(27)23-21-18-10-5-8-15(18)12-16-9-6-11-19(16)21;1-8-27-16(12-26(6)7)11-19(24-27)31(29,30)25-21(28)23-20-17(13(2)3)9-15(22)10-18(20)14(4)5;1-4-26-16(13-25(2)3)12-19(23-26)30(28,29)24-21(27)22-20-17-9-5-7-14(17)11-15-8-6-10-18(15)20/h12-13H,2-11,14H2,1H3,(H2,23,25,28);12-14H,4-11H2,1-3H3,(H2,23,25,27);9-11,13-14H,8,12H2,1-7H3,(H2,23,25,28);11-12H,4-10,13H2,1-3H3,(H2,22,24,27). The normalized spacial score (nSPS) is 15.1. The van der Waals surface area contributed by atoms with Gasteiger partial charge in [-0.1, -0.05) is 59.2 Å². The van der Waals surface area contributed by atoms with Gasteiger partial charge in [0.1, 0.15) is 5.82 Å². The first-order valence-corrected chi connectivity index (χ1v) is 48.8. The summed E-state index contributed by atoms with van der Waals surface area (Å²) >= 11 is 0. The Bertz CT molecular complexity index is 5620. The maximum absolute atomic E-state index is 14.1. The summed E-state index contributed by atoms with van der Waals surface area (Å²) in [6, 6.07) is 12.6. The third-order valence-corrected chi connectivity index (χ3v) is 28.1. The van der Waals surface area contributed by atoms with E-state index in [1.165, 1.54) is 75.2 Å². The number of halogens is 1. The minimum Gasteiger partial charge on any atom is -0.307 e. The first-order valence-electron chi connectivity index (χ1n) is 42.9. The van der Waals surface area contributed by atoms with E-state index >= 15 is 0 Å². The molecule has 4 aromatic heterocycles. The van der Waals surface area contributed by atoms with E-state index in [1.807, 2.05) is 112 Å². The van der Waals surface area contributed by atoms with Crippen molar-refractivity contribution in [3.8, 4) is 0 Å². The first kappa shape index (κ1) is 91.6. The van der Waals surface area contributed by atoms with Gasteiger partial charge in [0.25, 0.3) is 40.1 Å². The lowest BCUT2D eigenvalue weighted by molar-refractivity contribution is 0.167. The molecule has 1 saturated heterocycles. The Kier molecular flexibility index (Phi) is 29.0. The minimum absolute atomic E-state index is 0.0406. The summed E-state index contributed by atoms with van der Waals surface area (Å²) < 4.78 is 132. The average molecular weight is 1760 g/mol. The fourth-order valence-electron chi connectivity index (χ4n) is 17.6. The molecule has 31 nitrogen and oxygen atoms in total. The number of benzene rings is 4. The summed E-state index contributed by atoms with van der Waals surface area (Å²) in [5.74, 6) is -0.549. The van der Waals surface area contributed by atoms with Gasteiger partial charge in [0.2, 0.25) is 0 Å². The van der Waals surface area contributed by atoms with Crippen LogP contribution in [0, 0.1) is 5.82 Å². The second-order valence-electron chi connectivity index (χ2n) is 33.9. The van der Waals surface area contributed by atoms with Crippen molar-refractivity contribution in [2.75, 3.05) is 62.5 Å². The molecule has 8 aromatic rings. The summed E-state index contributed by atoms with van der Waals surface area (Å²) in [5.41, 5.74) is 22.0. The van der Waals surface area contributed by atoms with Gasteiger partial charge in [-0.3, -0.25) is 23.6 Å². The molecule has 0 radical (unpaired) electrons. The highest BCUT2D eigenvalue weighted by atomic mass is 32.2. The molecule has 1 aliphatic heterocycles. The van der Waals surface area contributed by atoms with E-state index in [1.54, 1.807) is 30.9 Å². The van der Waals surface area contributed by atoms with Gasteiger partial charge in [-0.25, -0.2) is 42.5 Å². The Morgan fingerprint density at radius 3 is 0.943 bits per heavy atom. The van der Waals surface area contributed by atoms with E-state index in [9.17, 15) is 57.2 Å². The lowest BCUT2D eigenvalue weighted by Crippen LogP contribution is -2.36. The number of carbonyl (C=O) groups is 4. The number of carbonyl (C=O) groups excluding carboxylic acids is 4. The van der Waals surface area contributed by atoms with Crippen molar-refractivity contribution in [2.45, 2.75) is 281 Å². The van der Waals surface area contributed by atoms with Gasteiger partial charge in [-0.05, 0) is 306 Å². The van der Waals surface area contributed by atoms with Crippen molar-refractivity contribution in [1.82, 2.24) is 72.7 Å². The molecule has 0 atom stereocenters. The molecule has 662 valence electrons. The molecule has 0 bridgehead atoms. The van der Waals surface area contributed by atoms with Gasteiger partial charge in [0.15, 0.2) is 20.1 Å². The van der Waals surface area contributed by atoms with Gasteiger partial charge in [0, 0.05) is 98.0 Å². The molecule has 7 aliphatic rings. The zero-order valence-electron chi connectivity index (χ0n) is 72.8. The minimum atomic E-state index is -4.19. The predicted molar refractivity (Wildman–Crippen MR) is 468 cm³/mol. The largest absolute Gasteiger partial charge is 0.333 e. The molecule has 0 spiro atoms. The molecule has 8 N–H and O–H groups in total. The molecule has 122 heavy (non-hydrogen) atoms. The maximum atomic E-state index is 14.1. The molecule has 0 unspecified atom stereocenters. The van der Waals surface area contributed by atoms with Crippen molar-refractivity contribution in [3.05, 3.63) is 161 Å². The van der Waals surface area contributed by atoms with Crippen LogP contribution < -0.4 is 40.2 Å². The zero-order chi connectivity index (χ0) is 88.0. The summed E-state index contributed by atoms with van der Waals surface area (Å²) in [7, 11) is -8.82. The Morgan fingerprint density at radius 2 is 0.672 bits per heavy atom. The number of urea groups is 4. The topological polar surface area (TPSA) is 382 Å². The second-order valence-corrected chi connectivity index (χ2v) is 40.5. The van der Waals surface area contributed by atoms with Crippen molar-refractivity contribution in [1.29, 1.82) is 0 Å². The number of anilines is 4. The summed E-state index contributed by atoms with van der Waals surface area (Å²) in [4.78, 5) is 56.9. The molecule has 4 aromatic carbocycles.